The lowest BCUT2D eigenvalue weighted by atomic mass is 10.0. The van der Waals surface area contributed by atoms with Gasteiger partial charge in [-0.25, -0.2) is 4.98 Å². The summed E-state index contributed by atoms with van der Waals surface area (Å²) in [6, 6.07) is 12.6. The van der Waals surface area contributed by atoms with Crippen LogP contribution < -0.4 is 5.32 Å². The molecule has 0 radical (unpaired) electrons. The Morgan fingerprint density at radius 1 is 1.20 bits per heavy atom. The van der Waals surface area contributed by atoms with Gasteiger partial charge in [0.1, 0.15) is 5.52 Å². The van der Waals surface area contributed by atoms with Crippen molar-refractivity contribution in [3.05, 3.63) is 59.0 Å². The highest BCUT2D eigenvalue weighted by Crippen LogP contribution is 2.37. The lowest BCUT2D eigenvalue weighted by Gasteiger charge is -2.04. The number of hydrogen-bond donors (Lipinski definition) is 1. The van der Waals surface area contributed by atoms with Gasteiger partial charge in [-0.1, -0.05) is 24.3 Å². The highest BCUT2D eigenvalue weighted by atomic mass is 16.3. The fourth-order valence-corrected chi connectivity index (χ4v) is 3.05. The molecule has 1 atom stereocenters. The van der Waals surface area contributed by atoms with Crippen molar-refractivity contribution in [3.63, 3.8) is 0 Å². The highest BCUT2D eigenvalue weighted by molar-refractivity contribution is 5.77. The van der Waals surface area contributed by atoms with E-state index in [1.54, 1.807) is 0 Å². The van der Waals surface area contributed by atoms with Crippen molar-refractivity contribution in [1.82, 2.24) is 4.98 Å². The van der Waals surface area contributed by atoms with Gasteiger partial charge >= 0.3 is 0 Å². The summed E-state index contributed by atoms with van der Waals surface area (Å²) in [6.45, 7) is 5.02. The second-order valence-electron chi connectivity index (χ2n) is 5.50. The summed E-state index contributed by atoms with van der Waals surface area (Å²) in [5.41, 5.74) is 6.70. The SMILES string of the molecule is Cc1cc(C)c2oc(C3CNc4ccccc43)nc2c1. The van der Waals surface area contributed by atoms with Crippen LogP contribution in [0.15, 0.2) is 40.8 Å². The van der Waals surface area contributed by atoms with Crippen LogP contribution in [0.3, 0.4) is 0 Å². The zero-order chi connectivity index (χ0) is 13.7. The van der Waals surface area contributed by atoms with E-state index in [1.165, 1.54) is 16.8 Å². The Morgan fingerprint density at radius 3 is 2.95 bits per heavy atom. The Kier molecular flexibility index (Phi) is 2.36. The Bertz CT molecular complexity index is 804. The first-order valence-electron chi connectivity index (χ1n) is 6.93. The van der Waals surface area contributed by atoms with E-state index in [2.05, 4.69) is 49.5 Å². The van der Waals surface area contributed by atoms with E-state index in [0.717, 1.165) is 29.1 Å². The van der Waals surface area contributed by atoms with Crippen molar-refractivity contribution in [3.8, 4) is 0 Å². The average Bonchev–Trinajstić information content (AvgIpc) is 3.01. The van der Waals surface area contributed by atoms with Gasteiger partial charge in [0.15, 0.2) is 5.58 Å². The lowest BCUT2D eigenvalue weighted by molar-refractivity contribution is 0.510. The van der Waals surface area contributed by atoms with Gasteiger partial charge < -0.3 is 9.73 Å². The minimum absolute atomic E-state index is 0.207. The third-order valence-corrected chi connectivity index (χ3v) is 3.97. The number of para-hydroxylation sites is 1. The van der Waals surface area contributed by atoms with Crippen LogP contribution >= 0.6 is 0 Å². The van der Waals surface area contributed by atoms with Gasteiger partial charge in [-0.15, -0.1) is 0 Å². The molecule has 3 heteroatoms. The molecular weight excluding hydrogens is 248 g/mol. The largest absolute Gasteiger partial charge is 0.440 e. The quantitative estimate of drug-likeness (QED) is 0.722. The van der Waals surface area contributed by atoms with Gasteiger partial charge in [-0.05, 0) is 42.7 Å². The minimum Gasteiger partial charge on any atom is -0.440 e. The fourth-order valence-electron chi connectivity index (χ4n) is 3.05. The molecule has 3 aromatic rings. The molecule has 0 aliphatic carbocycles. The van der Waals surface area contributed by atoms with Gasteiger partial charge in [-0.2, -0.15) is 0 Å². The number of aryl methyl sites for hydroxylation is 2. The van der Waals surface area contributed by atoms with Crippen LogP contribution in [0, 0.1) is 13.8 Å². The van der Waals surface area contributed by atoms with Crippen LogP contribution in [0.2, 0.25) is 0 Å². The Balaban J connectivity index is 1.86. The molecule has 0 saturated carbocycles. The van der Waals surface area contributed by atoms with Gasteiger partial charge in [0, 0.05) is 12.2 Å². The van der Waals surface area contributed by atoms with Crippen LogP contribution in [0.4, 0.5) is 5.69 Å². The van der Waals surface area contributed by atoms with Crippen LogP contribution in [-0.4, -0.2) is 11.5 Å². The predicted molar refractivity (Wildman–Crippen MR) is 80.3 cm³/mol. The maximum absolute atomic E-state index is 6.04. The summed E-state index contributed by atoms with van der Waals surface area (Å²) in [7, 11) is 0. The van der Waals surface area contributed by atoms with Gasteiger partial charge in [-0.3, -0.25) is 0 Å². The van der Waals surface area contributed by atoms with Crippen molar-refractivity contribution in [2.75, 3.05) is 11.9 Å². The summed E-state index contributed by atoms with van der Waals surface area (Å²) >= 11 is 0. The van der Waals surface area contributed by atoms with Crippen LogP contribution in [0.25, 0.3) is 11.1 Å². The maximum atomic E-state index is 6.04. The molecule has 4 rings (SSSR count). The molecule has 100 valence electrons. The topological polar surface area (TPSA) is 38.1 Å². The number of rotatable bonds is 1. The number of anilines is 1. The standard InChI is InChI=1S/C17H16N2O/c1-10-7-11(2)16-15(8-10)19-17(20-16)13-9-18-14-6-4-3-5-12(13)14/h3-8,13,18H,9H2,1-2H3. The van der Waals surface area contributed by atoms with E-state index in [-0.39, 0.29) is 5.92 Å². The van der Waals surface area contributed by atoms with Crippen LogP contribution in [-0.2, 0) is 0 Å². The molecular formula is C17H16N2O. The molecule has 2 aromatic carbocycles. The summed E-state index contributed by atoms with van der Waals surface area (Å²) in [5, 5.41) is 3.42. The molecule has 1 N–H and O–H groups in total. The molecule has 3 nitrogen and oxygen atoms in total. The monoisotopic (exact) mass is 264 g/mol. The smallest absolute Gasteiger partial charge is 0.204 e. The Labute approximate surface area is 117 Å². The highest BCUT2D eigenvalue weighted by Gasteiger charge is 2.27. The molecule has 1 aromatic heterocycles. The van der Waals surface area contributed by atoms with Crippen LogP contribution in [0.1, 0.15) is 28.5 Å². The van der Waals surface area contributed by atoms with E-state index in [1.807, 2.05) is 6.07 Å². The van der Waals surface area contributed by atoms with E-state index in [4.69, 9.17) is 9.40 Å². The third-order valence-electron chi connectivity index (χ3n) is 3.97. The maximum Gasteiger partial charge on any atom is 0.204 e. The zero-order valence-electron chi connectivity index (χ0n) is 11.6. The van der Waals surface area contributed by atoms with Gasteiger partial charge in [0.2, 0.25) is 5.89 Å². The summed E-state index contributed by atoms with van der Waals surface area (Å²) in [5.74, 6) is 1.02. The fraction of sp³-hybridized carbons (Fsp3) is 0.235. The van der Waals surface area contributed by atoms with Crippen molar-refractivity contribution in [2.24, 2.45) is 0 Å². The van der Waals surface area contributed by atoms with Crippen molar-refractivity contribution < 1.29 is 4.42 Å². The first kappa shape index (κ1) is 11.5. The molecule has 0 saturated heterocycles. The number of oxazole rings is 1. The van der Waals surface area contributed by atoms with E-state index in [0.29, 0.717) is 0 Å². The molecule has 0 spiro atoms. The lowest BCUT2D eigenvalue weighted by Crippen LogP contribution is -2.03. The number of nitrogens with one attached hydrogen (secondary N) is 1. The molecule has 20 heavy (non-hydrogen) atoms. The average molecular weight is 264 g/mol. The van der Waals surface area contributed by atoms with E-state index < -0.39 is 0 Å². The molecule has 1 aliphatic rings. The molecule has 0 bridgehead atoms. The van der Waals surface area contributed by atoms with Crippen molar-refractivity contribution in [1.29, 1.82) is 0 Å². The Hall–Kier alpha value is -2.29. The van der Waals surface area contributed by atoms with E-state index in [9.17, 15) is 0 Å². The molecule has 1 aliphatic heterocycles. The minimum atomic E-state index is 0.207. The van der Waals surface area contributed by atoms with Crippen LogP contribution in [0.5, 0.6) is 0 Å². The van der Waals surface area contributed by atoms with Gasteiger partial charge in [0.05, 0.1) is 5.92 Å². The molecule has 0 fully saturated rings. The summed E-state index contributed by atoms with van der Waals surface area (Å²) in [4.78, 5) is 4.71. The van der Waals surface area contributed by atoms with Crippen molar-refractivity contribution in [2.45, 2.75) is 19.8 Å². The predicted octanol–water partition coefficient (Wildman–Crippen LogP) is 4.00. The zero-order valence-corrected chi connectivity index (χ0v) is 11.6. The van der Waals surface area contributed by atoms with E-state index >= 15 is 0 Å². The number of fused-ring (bicyclic) bond motifs is 2. The summed E-state index contributed by atoms with van der Waals surface area (Å²) in [6.07, 6.45) is 0. The second-order valence-corrected chi connectivity index (χ2v) is 5.50. The molecule has 0 amide bonds. The second kappa shape index (κ2) is 4.10. The first-order chi connectivity index (χ1) is 9.72. The molecule has 2 heterocycles. The number of aromatic nitrogens is 1. The third kappa shape index (κ3) is 1.63. The number of hydrogen-bond acceptors (Lipinski definition) is 3. The van der Waals surface area contributed by atoms with Crippen molar-refractivity contribution >= 4 is 16.8 Å². The number of nitrogens with zero attached hydrogens (tertiary/aromatic N) is 1. The normalized spacial score (nSPS) is 17.2. The number of benzene rings is 2. The first-order valence-corrected chi connectivity index (χ1v) is 6.93. The summed E-state index contributed by atoms with van der Waals surface area (Å²) < 4.78 is 6.04. The molecule has 1 unspecified atom stereocenters. The van der Waals surface area contributed by atoms with Gasteiger partial charge in [0.25, 0.3) is 0 Å². The Morgan fingerprint density at radius 2 is 2.05 bits per heavy atom.